The Balaban J connectivity index is 1.34. The van der Waals surface area contributed by atoms with Gasteiger partial charge in [0.2, 0.25) is 0 Å². The number of aromatic nitrogens is 5. The first-order valence-corrected chi connectivity index (χ1v) is 14.1. The van der Waals surface area contributed by atoms with Crippen molar-refractivity contribution >= 4 is 5.52 Å². The van der Waals surface area contributed by atoms with E-state index in [1.165, 1.54) is 22.8 Å². The summed E-state index contributed by atoms with van der Waals surface area (Å²) in [5.41, 5.74) is 3.72. The summed E-state index contributed by atoms with van der Waals surface area (Å²) in [4.78, 5) is 6.46. The lowest BCUT2D eigenvalue weighted by atomic mass is 10.1. The van der Waals surface area contributed by atoms with E-state index in [-0.39, 0.29) is 28.8 Å². The Morgan fingerprint density at radius 3 is 2.74 bits per heavy atom. The lowest BCUT2D eigenvalue weighted by Crippen LogP contribution is -2.41. The van der Waals surface area contributed by atoms with Crippen LogP contribution in [-0.2, 0) is 13.1 Å². The molecule has 0 spiro atoms. The van der Waals surface area contributed by atoms with Gasteiger partial charge in [0.15, 0.2) is 29.3 Å². The maximum Gasteiger partial charge on any atom is 0.387 e. The molecule has 4 aromatic rings. The number of halogens is 3. The lowest BCUT2D eigenvalue weighted by molar-refractivity contribution is -0.0489. The number of fused-ring (bicyclic) bond motifs is 2. The molecule has 43 heavy (non-hydrogen) atoms. The number of pyridine rings is 2. The van der Waals surface area contributed by atoms with Crippen LogP contribution in [0.25, 0.3) is 16.8 Å². The zero-order valence-corrected chi connectivity index (χ0v) is 23.6. The third-order valence-corrected chi connectivity index (χ3v) is 8.44. The minimum Gasteiger partial charge on any atom is -0.479 e. The summed E-state index contributed by atoms with van der Waals surface area (Å²) in [6.07, 6.45) is 6.82. The minimum absolute atomic E-state index is 0.110. The number of rotatable bonds is 9. The Morgan fingerprint density at radius 2 is 2.02 bits per heavy atom. The molecule has 4 aromatic heterocycles. The van der Waals surface area contributed by atoms with Crippen LogP contribution >= 0.6 is 0 Å². The lowest BCUT2D eigenvalue weighted by Gasteiger charge is -2.33. The predicted octanol–water partition coefficient (Wildman–Crippen LogP) is 3.81. The molecule has 0 amide bonds. The molecule has 1 saturated carbocycles. The van der Waals surface area contributed by atoms with E-state index in [1.807, 2.05) is 11.6 Å². The van der Waals surface area contributed by atoms with Gasteiger partial charge in [-0.3, -0.25) is 14.6 Å². The van der Waals surface area contributed by atoms with Gasteiger partial charge in [0.25, 0.3) is 0 Å². The Morgan fingerprint density at radius 1 is 1.19 bits per heavy atom. The molecule has 1 aliphatic heterocycles. The number of nitrogens with zero attached hydrogens (tertiary/aromatic N) is 7. The summed E-state index contributed by atoms with van der Waals surface area (Å²) >= 11 is 0. The van der Waals surface area contributed by atoms with Crippen LogP contribution in [0.4, 0.5) is 13.2 Å². The number of nitrogens with one attached hydrogen (secondary N) is 1. The van der Waals surface area contributed by atoms with E-state index in [9.17, 15) is 18.3 Å². The molecule has 1 aliphatic carbocycles. The van der Waals surface area contributed by atoms with Crippen LogP contribution in [0.5, 0.6) is 11.5 Å². The van der Waals surface area contributed by atoms with Crippen molar-refractivity contribution in [2.75, 3.05) is 13.2 Å². The summed E-state index contributed by atoms with van der Waals surface area (Å²) in [6, 6.07) is 4.75. The van der Waals surface area contributed by atoms with Crippen molar-refractivity contribution in [2.24, 2.45) is 5.92 Å². The summed E-state index contributed by atoms with van der Waals surface area (Å²) in [6.45, 7) is 2.79. The first kappa shape index (κ1) is 28.8. The molecule has 14 heteroatoms. The molecule has 4 atom stereocenters. The molecule has 4 unspecified atom stereocenters. The zero-order chi connectivity index (χ0) is 30.2. The average molecular weight is 597 g/mol. The van der Waals surface area contributed by atoms with Crippen molar-refractivity contribution in [3.63, 3.8) is 0 Å². The highest BCUT2D eigenvalue weighted by Gasteiger charge is 2.36. The zero-order valence-electron chi connectivity index (χ0n) is 23.6. The quantitative estimate of drug-likeness (QED) is 0.219. The average Bonchev–Trinajstić information content (AvgIpc) is 3.67. The molecule has 5 heterocycles. The minimum atomic E-state index is -3.09. The summed E-state index contributed by atoms with van der Waals surface area (Å²) in [5, 5.41) is 31.2. The third kappa shape index (κ3) is 5.57. The smallest absolute Gasteiger partial charge is 0.387 e. The van der Waals surface area contributed by atoms with E-state index in [1.54, 1.807) is 12.3 Å². The van der Waals surface area contributed by atoms with Crippen molar-refractivity contribution in [3.05, 3.63) is 59.6 Å². The van der Waals surface area contributed by atoms with Gasteiger partial charge in [0.1, 0.15) is 5.82 Å². The Bertz CT molecular complexity index is 1650. The molecule has 0 radical (unpaired) electrons. The van der Waals surface area contributed by atoms with Crippen molar-refractivity contribution in [1.29, 1.82) is 5.26 Å². The maximum atomic E-state index is 13.5. The van der Waals surface area contributed by atoms with Crippen LogP contribution in [0, 0.1) is 30.1 Å². The van der Waals surface area contributed by atoms with E-state index in [2.05, 4.69) is 33.4 Å². The van der Waals surface area contributed by atoms with Gasteiger partial charge in [-0.25, -0.2) is 8.91 Å². The van der Waals surface area contributed by atoms with Crippen molar-refractivity contribution < 1.29 is 27.8 Å². The van der Waals surface area contributed by atoms with Gasteiger partial charge in [-0.2, -0.15) is 24.2 Å². The monoisotopic (exact) mass is 596 g/mol. The van der Waals surface area contributed by atoms with Gasteiger partial charge in [-0.15, -0.1) is 0 Å². The van der Waals surface area contributed by atoms with E-state index >= 15 is 0 Å². The molecule has 0 aromatic carbocycles. The second kappa shape index (κ2) is 11.7. The molecular formula is C29H31F3N8O3. The number of nitriles is 1. The van der Waals surface area contributed by atoms with Gasteiger partial charge in [-0.1, -0.05) is 6.92 Å². The fourth-order valence-corrected chi connectivity index (χ4v) is 6.23. The maximum absolute atomic E-state index is 13.5. The van der Waals surface area contributed by atoms with E-state index in [4.69, 9.17) is 19.8 Å². The molecule has 2 aliphatic rings. The molecule has 1 fully saturated rings. The van der Waals surface area contributed by atoms with Gasteiger partial charge < -0.3 is 19.9 Å². The second-order valence-corrected chi connectivity index (χ2v) is 11.0. The molecule has 0 bridgehead atoms. The molecule has 11 nitrogen and oxygen atoms in total. The number of hydrogen-bond donors (Lipinski definition) is 2. The summed E-state index contributed by atoms with van der Waals surface area (Å²) in [5.74, 6) is -0.239. The fraction of sp³-hybridized carbons (Fsp3) is 0.448. The van der Waals surface area contributed by atoms with Crippen LogP contribution in [0.2, 0.25) is 0 Å². The summed E-state index contributed by atoms with van der Waals surface area (Å²) in [7, 11) is 0. The first-order valence-electron chi connectivity index (χ1n) is 14.1. The van der Waals surface area contributed by atoms with E-state index < -0.39 is 25.1 Å². The van der Waals surface area contributed by atoms with Gasteiger partial charge in [-0.05, 0) is 49.4 Å². The van der Waals surface area contributed by atoms with Gasteiger partial charge >= 0.3 is 6.61 Å². The van der Waals surface area contributed by atoms with Crippen LogP contribution in [-0.4, -0.2) is 66.2 Å². The number of aliphatic hydroxyl groups is 1. The van der Waals surface area contributed by atoms with Crippen molar-refractivity contribution in [1.82, 2.24) is 34.6 Å². The van der Waals surface area contributed by atoms with E-state index in [0.29, 0.717) is 36.3 Å². The first-order chi connectivity index (χ1) is 20.7. The van der Waals surface area contributed by atoms with Crippen molar-refractivity contribution in [2.45, 2.75) is 64.6 Å². The Labute approximate surface area is 245 Å². The van der Waals surface area contributed by atoms with Crippen molar-refractivity contribution in [3.8, 4) is 28.9 Å². The number of aliphatic hydroxyl groups excluding tert-OH is 1. The molecule has 2 N–H and O–H groups in total. The van der Waals surface area contributed by atoms with Gasteiger partial charge in [0, 0.05) is 36.9 Å². The van der Waals surface area contributed by atoms with Crippen LogP contribution in [0.1, 0.15) is 42.8 Å². The topological polar surface area (TPSA) is 126 Å². The Hall–Kier alpha value is -4.35. The fourth-order valence-electron chi connectivity index (χ4n) is 6.23. The highest BCUT2D eigenvalue weighted by molar-refractivity contribution is 5.75. The molecule has 6 rings (SSSR count). The normalized spacial score (nSPS) is 21.1. The standard InChI is InChI=1S/C29H31F3N8O3/c1-16-7-20(9-22(16)35-15-33)38-5-6-39-23(13-38)17(2)27(37-39)18-8-24(28-25(43-29(31)32)11-36-40(28)12-18)42-26(14-41)21-4-3-19(30)10-34-21/h3-4,8,10-12,16,20,22,26,29,35,41H,5-7,9,13-14H2,1-2H3. The highest BCUT2D eigenvalue weighted by atomic mass is 19.3. The predicted molar refractivity (Wildman–Crippen MR) is 148 cm³/mol. The molecular weight excluding hydrogens is 565 g/mol. The SMILES string of the molecule is Cc1c(-c2cc(OC(CO)c3ccc(F)cn3)c3c(OC(F)F)cnn3c2)nn2c1CN(C1CC(C)C(NC#N)C1)CC2. The van der Waals surface area contributed by atoms with E-state index in [0.717, 1.165) is 36.8 Å². The van der Waals surface area contributed by atoms with Gasteiger partial charge in [0.05, 0.1) is 42.6 Å². The van der Waals surface area contributed by atoms with Crippen LogP contribution in [0.3, 0.4) is 0 Å². The third-order valence-electron chi connectivity index (χ3n) is 8.44. The second-order valence-electron chi connectivity index (χ2n) is 11.0. The molecule has 226 valence electrons. The largest absolute Gasteiger partial charge is 0.479 e. The number of ether oxygens (including phenoxy) is 2. The Kier molecular flexibility index (Phi) is 7.85. The number of alkyl halides is 2. The molecule has 0 saturated heterocycles. The summed E-state index contributed by atoms with van der Waals surface area (Å²) < 4.78 is 54.1. The van der Waals surface area contributed by atoms with Crippen LogP contribution < -0.4 is 14.8 Å². The number of hydrogen-bond acceptors (Lipinski definition) is 9. The van der Waals surface area contributed by atoms with Crippen LogP contribution in [0.15, 0.2) is 36.8 Å². The highest BCUT2D eigenvalue weighted by Crippen LogP contribution is 2.38.